The summed E-state index contributed by atoms with van der Waals surface area (Å²) in [5, 5.41) is 11.1. The van der Waals surface area contributed by atoms with E-state index in [1.54, 1.807) is 5.51 Å². The average Bonchev–Trinajstić information content (AvgIpc) is 3.25. The summed E-state index contributed by atoms with van der Waals surface area (Å²) in [6, 6.07) is 11.6. The van der Waals surface area contributed by atoms with Crippen LogP contribution in [0.2, 0.25) is 0 Å². The van der Waals surface area contributed by atoms with Crippen molar-refractivity contribution in [2.24, 2.45) is 5.41 Å². The molecule has 0 radical (unpaired) electrons. The Hall–Kier alpha value is -3.24. The van der Waals surface area contributed by atoms with Gasteiger partial charge in [-0.1, -0.05) is 62.3 Å². The van der Waals surface area contributed by atoms with Gasteiger partial charge in [-0.2, -0.15) is 0 Å². The van der Waals surface area contributed by atoms with Crippen LogP contribution >= 0.6 is 11.3 Å². The Bertz CT molecular complexity index is 1130. The van der Waals surface area contributed by atoms with Gasteiger partial charge in [-0.25, -0.2) is 4.98 Å². The lowest BCUT2D eigenvalue weighted by Gasteiger charge is -2.37. The van der Waals surface area contributed by atoms with E-state index in [-0.39, 0.29) is 11.8 Å². The van der Waals surface area contributed by atoms with E-state index in [0.29, 0.717) is 22.5 Å². The van der Waals surface area contributed by atoms with Gasteiger partial charge in [0.15, 0.2) is 0 Å². The fourth-order valence-electron chi connectivity index (χ4n) is 3.58. The summed E-state index contributed by atoms with van der Waals surface area (Å²) in [4.78, 5) is 17.9. The number of hydrogen-bond acceptors (Lipinski definition) is 6. The second-order valence-electron chi connectivity index (χ2n) is 7.64. The van der Waals surface area contributed by atoms with Gasteiger partial charge in [-0.3, -0.25) is 4.79 Å². The number of aromatic nitrogens is 3. The van der Waals surface area contributed by atoms with E-state index in [4.69, 9.17) is 4.74 Å². The number of para-hydroxylation sites is 1. The average molecular weight is 419 g/mol. The highest BCUT2D eigenvalue weighted by atomic mass is 32.1. The lowest BCUT2D eigenvalue weighted by molar-refractivity contribution is -0.124. The number of nitrogens with zero attached hydrogens (tertiary/aromatic N) is 3. The van der Waals surface area contributed by atoms with Gasteiger partial charge in [-0.15, -0.1) is 10.2 Å². The fourth-order valence-corrected chi connectivity index (χ4v) is 4.02. The second kappa shape index (κ2) is 8.25. The zero-order chi connectivity index (χ0) is 21.1. The smallest absolute Gasteiger partial charge is 0.232 e. The Morgan fingerprint density at radius 2 is 2.07 bits per heavy atom. The van der Waals surface area contributed by atoms with E-state index in [2.05, 4.69) is 39.3 Å². The molecule has 0 fully saturated rings. The van der Waals surface area contributed by atoms with Crippen LogP contribution in [0.15, 0.2) is 41.9 Å². The van der Waals surface area contributed by atoms with Crippen LogP contribution in [0.1, 0.15) is 56.4 Å². The van der Waals surface area contributed by atoms with Gasteiger partial charge in [0.2, 0.25) is 16.9 Å². The number of anilines is 1. The predicted molar refractivity (Wildman–Crippen MR) is 117 cm³/mol. The Morgan fingerprint density at radius 3 is 2.83 bits per heavy atom. The number of pyridine rings is 1. The predicted octanol–water partition coefficient (Wildman–Crippen LogP) is 4.99. The number of unbranched alkanes of at least 4 members (excludes halogenated alkanes) is 1. The highest BCUT2D eigenvalue weighted by Crippen LogP contribution is 2.51. The highest BCUT2D eigenvalue weighted by Gasteiger charge is 2.44. The van der Waals surface area contributed by atoms with Crippen molar-refractivity contribution in [3.05, 3.63) is 58.7 Å². The highest BCUT2D eigenvalue weighted by molar-refractivity contribution is 7.13. The summed E-state index contributed by atoms with van der Waals surface area (Å²) in [7, 11) is 0. The van der Waals surface area contributed by atoms with Gasteiger partial charge in [-0.05, 0) is 24.5 Å². The van der Waals surface area contributed by atoms with E-state index < -0.39 is 5.41 Å². The summed E-state index contributed by atoms with van der Waals surface area (Å²) < 4.78 is 6.10. The fraction of sp³-hybridized carbons (Fsp3) is 0.304. The molecule has 152 valence electrons. The van der Waals surface area contributed by atoms with Crippen molar-refractivity contribution in [3.63, 3.8) is 0 Å². The number of ether oxygens (including phenoxy) is 1. The normalized spacial score (nSPS) is 14.6. The molecular weight excluding hydrogens is 396 g/mol. The van der Waals surface area contributed by atoms with Crippen LogP contribution in [-0.2, 0) is 4.79 Å². The van der Waals surface area contributed by atoms with Crippen LogP contribution in [0, 0.1) is 17.3 Å². The number of hydrogen-bond donors (Lipinski definition) is 1. The Kier molecular flexibility index (Phi) is 5.51. The number of fused-ring (bicyclic) bond motifs is 2. The van der Waals surface area contributed by atoms with Gasteiger partial charge >= 0.3 is 0 Å². The first-order valence-corrected chi connectivity index (χ1v) is 10.7. The molecule has 7 heteroatoms. The summed E-state index contributed by atoms with van der Waals surface area (Å²) >= 11 is 1.29. The minimum absolute atomic E-state index is 0.140. The molecule has 1 amide bonds. The minimum atomic E-state index is -0.794. The molecule has 1 aromatic carbocycles. The zero-order valence-corrected chi connectivity index (χ0v) is 17.9. The Labute approximate surface area is 179 Å². The molecule has 1 aliphatic heterocycles. The third-order valence-corrected chi connectivity index (χ3v) is 5.72. The number of benzene rings is 1. The number of amides is 1. The summed E-state index contributed by atoms with van der Waals surface area (Å²) in [5.41, 5.74) is 3.28. The molecule has 0 saturated heterocycles. The van der Waals surface area contributed by atoms with Crippen molar-refractivity contribution in [1.82, 2.24) is 15.2 Å². The van der Waals surface area contributed by atoms with E-state index >= 15 is 0 Å². The van der Waals surface area contributed by atoms with E-state index in [1.807, 2.05) is 50.2 Å². The van der Waals surface area contributed by atoms with Crippen LogP contribution < -0.4 is 10.1 Å². The van der Waals surface area contributed by atoms with Crippen LogP contribution in [-0.4, -0.2) is 21.1 Å². The summed E-state index contributed by atoms with van der Waals surface area (Å²) in [6.45, 7) is 5.94. The molecule has 0 saturated carbocycles. The van der Waals surface area contributed by atoms with Crippen molar-refractivity contribution in [2.75, 3.05) is 5.32 Å². The molecule has 3 heterocycles. The third-order valence-electron chi connectivity index (χ3n) is 5.12. The molecule has 0 spiro atoms. The van der Waals surface area contributed by atoms with Gasteiger partial charge in [0.25, 0.3) is 0 Å². The second-order valence-corrected chi connectivity index (χ2v) is 8.47. The van der Waals surface area contributed by atoms with Gasteiger partial charge in [0, 0.05) is 23.5 Å². The topological polar surface area (TPSA) is 77.0 Å². The molecule has 6 nitrogen and oxygen atoms in total. The van der Waals surface area contributed by atoms with Crippen LogP contribution in [0.25, 0.3) is 0 Å². The SMILES string of the molecule is CCCC#Cc1ccc2c(n1)Oc1ccccc1[C@@H]2C(C)(C)C(=O)Nc1nncs1. The monoisotopic (exact) mass is 418 g/mol. The first kappa shape index (κ1) is 20.0. The molecule has 0 aliphatic carbocycles. The lowest BCUT2D eigenvalue weighted by atomic mass is 9.69. The molecule has 0 unspecified atom stereocenters. The zero-order valence-electron chi connectivity index (χ0n) is 17.1. The molecule has 3 aromatic rings. The molecule has 1 atom stereocenters. The van der Waals surface area contributed by atoms with Crippen molar-refractivity contribution in [2.45, 2.75) is 39.5 Å². The van der Waals surface area contributed by atoms with Crippen molar-refractivity contribution in [3.8, 4) is 23.5 Å². The number of rotatable bonds is 4. The quantitative estimate of drug-likeness (QED) is 0.604. The third kappa shape index (κ3) is 3.79. The van der Waals surface area contributed by atoms with Crippen LogP contribution in [0.4, 0.5) is 5.13 Å². The first-order chi connectivity index (χ1) is 14.5. The molecule has 1 aliphatic rings. The first-order valence-electron chi connectivity index (χ1n) is 9.85. The Balaban J connectivity index is 1.76. The standard InChI is InChI=1S/C23H22N4O2S/c1-4-5-6-9-15-12-13-17-19(16-10-7-8-11-18(16)29-20(17)25-15)23(2,3)21(28)26-22-27-24-14-30-22/h7-8,10-14,19H,4-5H2,1-3H3,(H,26,27,28)/t19-/m0/s1. The van der Waals surface area contributed by atoms with Crippen LogP contribution in [0.3, 0.4) is 0 Å². The molecule has 4 rings (SSSR count). The van der Waals surface area contributed by atoms with Crippen molar-refractivity contribution >= 4 is 22.4 Å². The van der Waals surface area contributed by atoms with Gasteiger partial charge in [0.05, 0.1) is 5.41 Å². The molecular formula is C23H22N4O2S. The van der Waals surface area contributed by atoms with Crippen LogP contribution in [0.5, 0.6) is 11.6 Å². The maximum atomic E-state index is 13.2. The molecule has 0 bridgehead atoms. The molecule has 2 aromatic heterocycles. The van der Waals surface area contributed by atoms with Gasteiger partial charge in [0.1, 0.15) is 17.0 Å². The van der Waals surface area contributed by atoms with E-state index in [9.17, 15) is 4.79 Å². The lowest BCUT2D eigenvalue weighted by Crippen LogP contribution is -2.38. The Morgan fingerprint density at radius 1 is 1.23 bits per heavy atom. The molecule has 1 N–H and O–H groups in total. The number of nitrogens with one attached hydrogen (secondary N) is 1. The number of carbonyl (C=O) groups is 1. The maximum Gasteiger partial charge on any atom is 0.232 e. The van der Waals surface area contributed by atoms with E-state index in [1.165, 1.54) is 11.3 Å². The number of carbonyl (C=O) groups excluding carboxylic acids is 1. The van der Waals surface area contributed by atoms with Gasteiger partial charge < -0.3 is 10.1 Å². The molecule has 30 heavy (non-hydrogen) atoms. The maximum absolute atomic E-state index is 13.2. The summed E-state index contributed by atoms with van der Waals surface area (Å²) in [5.74, 6) is 7.03. The minimum Gasteiger partial charge on any atom is -0.438 e. The van der Waals surface area contributed by atoms with E-state index in [0.717, 1.165) is 24.0 Å². The van der Waals surface area contributed by atoms with Crippen molar-refractivity contribution in [1.29, 1.82) is 0 Å². The largest absolute Gasteiger partial charge is 0.438 e. The summed E-state index contributed by atoms with van der Waals surface area (Å²) in [6.07, 6.45) is 1.83. The van der Waals surface area contributed by atoms with Crippen molar-refractivity contribution < 1.29 is 9.53 Å².